The molecule has 1 fully saturated rings. The number of piperidine rings is 1. The third-order valence-electron chi connectivity index (χ3n) is 7.06. The first kappa shape index (κ1) is 20.4. The van der Waals surface area contributed by atoms with Gasteiger partial charge in [0.15, 0.2) is 17.3 Å². The van der Waals surface area contributed by atoms with Gasteiger partial charge in [0.1, 0.15) is 5.82 Å². The summed E-state index contributed by atoms with van der Waals surface area (Å²) in [6, 6.07) is 4.64. The van der Waals surface area contributed by atoms with Gasteiger partial charge in [-0.25, -0.2) is 4.39 Å². The van der Waals surface area contributed by atoms with E-state index in [4.69, 9.17) is 4.52 Å². The lowest BCUT2D eigenvalue weighted by atomic mass is 9.91. The largest absolute Gasteiger partial charge is 0.494 e. The highest BCUT2D eigenvalue weighted by atomic mass is 19.1. The molecular weight excluding hydrogens is 397 g/mol. The van der Waals surface area contributed by atoms with Crippen LogP contribution in [0.2, 0.25) is 0 Å². The first-order valence-corrected chi connectivity index (χ1v) is 11.5. The molecule has 31 heavy (non-hydrogen) atoms. The van der Waals surface area contributed by atoms with Crippen molar-refractivity contribution in [2.45, 2.75) is 63.8 Å². The van der Waals surface area contributed by atoms with Gasteiger partial charge in [-0.2, -0.15) is 0 Å². The first-order chi connectivity index (χ1) is 15.1. The molecule has 3 heterocycles. The first-order valence-electron chi connectivity index (χ1n) is 11.5. The van der Waals surface area contributed by atoms with Crippen LogP contribution in [0.3, 0.4) is 0 Å². The van der Waals surface area contributed by atoms with Crippen LogP contribution in [0.25, 0.3) is 11.0 Å². The van der Waals surface area contributed by atoms with Crippen LogP contribution in [-0.2, 0) is 19.4 Å². The molecule has 0 unspecified atom stereocenters. The molecule has 0 amide bonds. The van der Waals surface area contributed by atoms with E-state index in [9.17, 15) is 14.6 Å². The second-order valence-electron chi connectivity index (χ2n) is 8.99. The van der Waals surface area contributed by atoms with Gasteiger partial charge in [-0.1, -0.05) is 5.16 Å². The van der Waals surface area contributed by atoms with E-state index in [-0.39, 0.29) is 17.6 Å². The van der Waals surface area contributed by atoms with Crippen molar-refractivity contribution in [3.63, 3.8) is 0 Å². The minimum absolute atomic E-state index is 0.271. The third-order valence-corrected chi connectivity index (χ3v) is 7.06. The number of fused-ring (bicyclic) bond motifs is 2. The second-order valence-corrected chi connectivity index (χ2v) is 8.99. The van der Waals surface area contributed by atoms with Gasteiger partial charge < -0.3 is 19.6 Å². The Bertz CT molecular complexity index is 1040. The zero-order valence-electron chi connectivity index (χ0n) is 17.8. The monoisotopic (exact) mass is 427 g/mol. The van der Waals surface area contributed by atoms with E-state index in [0.29, 0.717) is 18.0 Å². The lowest BCUT2D eigenvalue weighted by Gasteiger charge is -2.31. The van der Waals surface area contributed by atoms with Gasteiger partial charge in [-0.15, -0.1) is 0 Å². The van der Waals surface area contributed by atoms with Crippen LogP contribution in [0.4, 0.5) is 4.39 Å². The molecule has 0 saturated carbocycles. The van der Waals surface area contributed by atoms with E-state index < -0.39 is 0 Å². The maximum Gasteiger partial charge on any atom is 0.197 e. The minimum Gasteiger partial charge on any atom is -0.494 e. The number of rotatable bonds is 6. The maximum absolute atomic E-state index is 13.4. The Kier molecular flexibility index (Phi) is 5.61. The molecule has 1 aromatic carbocycles. The fourth-order valence-electron chi connectivity index (χ4n) is 5.30. The van der Waals surface area contributed by atoms with Crippen LogP contribution < -0.4 is 0 Å². The van der Waals surface area contributed by atoms with E-state index in [1.54, 1.807) is 10.6 Å². The highest BCUT2D eigenvalue weighted by Crippen LogP contribution is 2.39. The number of aromatic nitrogens is 2. The summed E-state index contributed by atoms with van der Waals surface area (Å²) < 4.78 is 20.4. The van der Waals surface area contributed by atoms with E-state index in [1.807, 2.05) is 0 Å². The predicted octanol–water partition coefficient (Wildman–Crippen LogP) is 4.72. The Morgan fingerprint density at radius 3 is 2.39 bits per heavy atom. The highest BCUT2D eigenvalue weighted by Gasteiger charge is 2.26. The van der Waals surface area contributed by atoms with E-state index in [1.165, 1.54) is 12.1 Å². The molecule has 7 heteroatoms. The van der Waals surface area contributed by atoms with Crippen LogP contribution in [0, 0.1) is 5.82 Å². The Labute approximate surface area is 181 Å². The summed E-state index contributed by atoms with van der Waals surface area (Å²) in [6.45, 7) is 3.69. The molecule has 0 atom stereocenters. The molecule has 2 aromatic heterocycles. The molecule has 1 aliphatic carbocycles. The quantitative estimate of drug-likeness (QED) is 0.557. The fraction of sp³-hybridized carbons (Fsp3) is 0.542. The SMILES string of the molecule is Oc1c2c(c(O)n1CCCCN1CCC(c3noc4cc(F)ccc34)CC1)CCCC2. The molecule has 5 rings (SSSR count). The topological polar surface area (TPSA) is 74.7 Å². The van der Waals surface area contributed by atoms with Crippen LogP contribution in [-0.4, -0.2) is 44.5 Å². The molecule has 2 aliphatic rings. The lowest BCUT2D eigenvalue weighted by Crippen LogP contribution is -2.33. The number of nitrogens with zero attached hydrogens (tertiary/aromatic N) is 3. The van der Waals surface area contributed by atoms with Gasteiger partial charge >= 0.3 is 0 Å². The number of unbranched alkanes of at least 4 members (excludes halogenated alkanes) is 1. The van der Waals surface area contributed by atoms with Gasteiger partial charge in [-0.05, 0) is 83.1 Å². The Balaban J connectivity index is 1.11. The van der Waals surface area contributed by atoms with Crippen molar-refractivity contribution in [2.24, 2.45) is 0 Å². The van der Waals surface area contributed by atoms with Crippen molar-refractivity contribution in [3.05, 3.63) is 40.8 Å². The van der Waals surface area contributed by atoms with Crippen LogP contribution in [0.1, 0.15) is 61.3 Å². The van der Waals surface area contributed by atoms with Crippen LogP contribution in [0.5, 0.6) is 11.8 Å². The number of aromatic hydroxyl groups is 2. The van der Waals surface area contributed by atoms with Crippen molar-refractivity contribution in [3.8, 4) is 11.8 Å². The molecule has 3 aromatic rings. The van der Waals surface area contributed by atoms with Crippen molar-refractivity contribution in [2.75, 3.05) is 19.6 Å². The van der Waals surface area contributed by atoms with Crippen molar-refractivity contribution in [1.29, 1.82) is 0 Å². The highest BCUT2D eigenvalue weighted by molar-refractivity contribution is 5.79. The number of halogens is 1. The van der Waals surface area contributed by atoms with Crippen molar-refractivity contribution >= 4 is 11.0 Å². The summed E-state index contributed by atoms with van der Waals surface area (Å²) >= 11 is 0. The normalized spacial score (nSPS) is 18.0. The summed E-state index contributed by atoms with van der Waals surface area (Å²) in [6.07, 6.45) is 7.89. The summed E-state index contributed by atoms with van der Waals surface area (Å²) in [5, 5.41) is 26.1. The van der Waals surface area contributed by atoms with Gasteiger partial charge in [-0.3, -0.25) is 4.57 Å². The molecule has 0 spiro atoms. The molecule has 1 saturated heterocycles. The standard InChI is InChI=1S/C24H30FN3O3/c25-17-7-8-20-21(15-17)31-26-22(20)16-9-13-27(14-10-16)11-3-4-12-28-23(29)18-5-1-2-6-19(18)24(28)30/h7-8,15-16,29-30H,1-6,9-14H2. The predicted molar refractivity (Wildman–Crippen MR) is 116 cm³/mol. The number of benzene rings is 1. The van der Waals surface area contributed by atoms with E-state index >= 15 is 0 Å². The Morgan fingerprint density at radius 1 is 1.00 bits per heavy atom. The maximum atomic E-state index is 13.4. The second kappa shape index (κ2) is 8.54. The van der Waals surface area contributed by atoms with Gasteiger partial charge in [0.2, 0.25) is 0 Å². The molecule has 1 aliphatic heterocycles. The summed E-state index contributed by atoms with van der Waals surface area (Å²) in [4.78, 5) is 2.47. The molecule has 6 nitrogen and oxygen atoms in total. The fourth-order valence-corrected chi connectivity index (χ4v) is 5.30. The average molecular weight is 428 g/mol. The number of hydrogen-bond acceptors (Lipinski definition) is 5. The van der Waals surface area contributed by atoms with E-state index in [0.717, 1.165) is 93.2 Å². The Hall–Kier alpha value is -2.54. The van der Waals surface area contributed by atoms with Gasteiger partial charge in [0.05, 0.1) is 5.69 Å². The van der Waals surface area contributed by atoms with Crippen LogP contribution in [0.15, 0.2) is 22.7 Å². The zero-order valence-corrected chi connectivity index (χ0v) is 17.8. The summed E-state index contributed by atoms with van der Waals surface area (Å²) in [7, 11) is 0. The average Bonchev–Trinajstić information content (AvgIpc) is 3.31. The number of likely N-dealkylation sites (tertiary alicyclic amines) is 1. The van der Waals surface area contributed by atoms with Crippen LogP contribution >= 0.6 is 0 Å². The third kappa shape index (κ3) is 3.91. The molecule has 166 valence electrons. The van der Waals surface area contributed by atoms with E-state index in [2.05, 4.69) is 10.1 Å². The molecular formula is C24H30FN3O3. The molecule has 0 bridgehead atoms. The lowest BCUT2D eigenvalue weighted by molar-refractivity contribution is 0.204. The van der Waals surface area contributed by atoms with Crippen molar-refractivity contribution < 1.29 is 19.1 Å². The van der Waals surface area contributed by atoms with Crippen molar-refractivity contribution in [1.82, 2.24) is 14.6 Å². The van der Waals surface area contributed by atoms with Gasteiger partial charge in [0, 0.05) is 35.0 Å². The minimum atomic E-state index is -0.299. The summed E-state index contributed by atoms with van der Waals surface area (Å²) in [5.41, 5.74) is 3.38. The zero-order chi connectivity index (χ0) is 21.4. The Morgan fingerprint density at radius 2 is 1.68 bits per heavy atom. The number of hydrogen-bond donors (Lipinski definition) is 2. The van der Waals surface area contributed by atoms with Gasteiger partial charge in [0.25, 0.3) is 0 Å². The molecule has 0 radical (unpaired) electrons. The summed E-state index contributed by atoms with van der Waals surface area (Å²) in [5.74, 6) is 0.593. The molecule has 2 N–H and O–H groups in total. The smallest absolute Gasteiger partial charge is 0.197 e.